The van der Waals surface area contributed by atoms with Crippen molar-refractivity contribution < 1.29 is 9.32 Å². The molecule has 7 nitrogen and oxygen atoms in total. The summed E-state index contributed by atoms with van der Waals surface area (Å²) in [6.45, 7) is 2.14. The standard InChI is InChI=1S/C11H10N4O3/c1-5-4-13-10-8-6(2-3-15(10)11(5)17)7(9(12)16)14-18-8/h4H,2-3H2,1H3,(H2,12,16). The number of hydrogen-bond acceptors (Lipinski definition) is 5. The Bertz CT molecular complexity index is 714. The Morgan fingerprint density at radius 1 is 1.56 bits per heavy atom. The maximum absolute atomic E-state index is 11.9. The second-order valence-electron chi connectivity index (χ2n) is 4.17. The number of aromatic nitrogens is 3. The zero-order valence-corrected chi connectivity index (χ0v) is 9.64. The molecule has 3 heterocycles. The monoisotopic (exact) mass is 246 g/mol. The van der Waals surface area contributed by atoms with Crippen molar-refractivity contribution in [2.24, 2.45) is 5.73 Å². The molecule has 1 amide bonds. The van der Waals surface area contributed by atoms with Crippen molar-refractivity contribution in [3.05, 3.63) is 33.4 Å². The SMILES string of the molecule is Cc1cnc2n(c1=O)CCc1c(C(N)=O)noc1-2. The van der Waals surface area contributed by atoms with E-state index in [1.54, 1.807) is 6.92 Å². The summed E-state index contributed by atoms with van der Waals surface area (Å²) in [6.07, 6.45) is 1.96. The number of carbonyl (C=O) groups is 1. The second kappa shape index (κ2) is 3.52. The summed E-state index contributed by atoms with van der Waals surface area (Å²) in [6, 6.07) is 0. The number of hydrogen-bond donors (Lipinski definition) is 1. The molecule has 0 saturated carbocycles. The number of nitrogens with two attached hydrogens (primary N) is 1. The molecule has 2 N–H and O–H groups in total. The van der Waals surface area contributed by atoms with Gasteiger partial charge in [-0.1, -0.05) is 5.16 Å². The zero-order chi connectivity index (χ0) is 12.9. The number of amides is 1. The van der Waals surface area contributed by atoms with Crippen LogP contribution in [-0.4, -0.2) is 20.6 Å². The van der Waals surface area contributed by atoms with Crippen LogP contribution in [0.25, 0.3) is 11.6 Å². The minimum atomic E-state index is -0.636. The molecule has 1 aliphatic rings. The van der Waals surface area contributed by atoms with Crippen molar-refractivity contribution in [1.82, 2.24) is 14.7 Å². The van der Waals surface area contributed by atoms with E-state index in [2.05, 4.69) is 10.1 Å². The normalized spacial score (nSPS) is 12.9. The van der Waals surface area contributed by atoms with Crippen molar-refractivity contribution in [2.75, 3.05) is 0 Å². The Labute approximate surface area is 101 Å². The summed E-state index contributed by atoms with van der Waals surface area (Å²) in [7, 11) is 0. The van der Waals surface area contributed by atoms with Crippen molar-refractivity contribution in [3.8, 4) is 11.6 Å². The lowest BCUT2D eigenvalue weighted by atomic mass is 10.1. The molecule has 0 fully saturated rings. The highest BCUT2D eigenvalue weighted by molar-refractivity contribution is 5.93. The fourth-order valence-electron chi connectivity index (χ4n) is 2.11. The maximum Gasteiger partial charge on any atom is 0.271 e. The molecule has 92 valence electrons. The molecule has 2 aromatic rings. The van der Waals surface area contributed by atoms with Gasteiger partial charge in [0, 0.05) is 23.9 Å². The molecule has 0 radical (unpaired) electrons. The Kier molecular flexibility index (Phi) is 2.09. The van der Waals surface area contributed by atoms with Gasteiger partial charge in [0.05, 0.1) is 0 Å². The van der Waals surface area contributed by atoms with E-state index in [-0.39, 0.29) is 11.3 Å². The molecule has 0 saturated heterocycles. The minimum Gasteiger partial charge on any atom is -0.364 e. The Hall–Kier alpha value is -2.44. The fraction of sp³-hybridized carbons (Fsp3) is 0.273. The lowest BCUT2D eigenvalue weighted by Crippen LogP contribution is -2.29. The van der Waals surface area contributed by atoms with E-state index in [0.717, 1.165) is 0 Å². The van der Waals surface area contributed by atoms with Gasteiger partial charge in [0.2, 0.25) is 5.76 Å². The molecular formula is C11H10N4O3. The number of rotatable bonds is 1. The maximum atomic E-state index is 11.9. The van der Waals surface area contributed by atoms with Crippen molar-refractivity contribution in [1.29, 1.82) is 0 Å². The highest BCUT2D eigenvalue weighted by Crippen LogP contribution is 2.28. The van der Waals surface area contributed by atoms with Gasteiger partial charge in [-0.15, -0.1) is 0 Å². The summed E-state index contributed by atoms with van der Waals surface area (Å²) in [4.78, 5) is 27.3. The van der Waals surface area contributed by atoms with Gasteiger partial charge in [0.15, 0.2) is 11.5 Å². The molecule has 7 heteroatoms. The van der Waals surface area contributed by atoms with E-state index in [4.69, 9.17) is 10.3 Å². The topological polar surface area (TPSA) is 104 Å². The van der Waals surface area contributed by atoms with Crippen LogP contribution in [0.3, 0.4) is 0 Å². The molecule has 0 bridgehead atoms. The van der Waals surface area contributed by atoms with Crippen molar-refractivity contribution in [2.45, 2.75) is 19.9 Å². The predicted octanol–water partition coefficient (Wildman–Crippen LogP) is -0.138. The number of primary amides is 1. The summed E-state index contributed by atoms with van der Waals surface area (Å²) in [5, 5.41) is 3.64. The quantitative estimate of drug-likeness (QED) is 0.754. The van der Waals surface area contributed by atoms with Crippen LogP contribution in [0.5, 0.6) is 0 Å². The molecule has 1 aliphatic heterocycles. The third kappa shape index (κ3) is 1.30. The first-order chi connectivity index (χ1) is 8.59. The summed E-state index contributed by atoms with van der Waals surface area (Å²) < 4.78 is 6.62. The van der Waals surface area contributed by atoms with Gasteiger partial charge in [0.1, 0.15) is 0 Å². The third-order valence-corrected chi connectivity index (χ3v) is 3.03. The molecule has 0 aliphatic carbocycles. The van der Waals surface area contributed by atoms with Crippen LogP contribution in [-0.2, 0) is 13.0 Å². The molecule has 0 spiro atoms. The minimum absolute atomic E-state index is 0.109. The van der Waals surface area contributed by atoms with E-state index in [0.29, 0.717) is 35.7 Å². The Morgan fingerprint density at radius 3 is 3.06 bits per heavy atom. The van der Waals surface area contributed by atoms with E-state index < -0.39 is 5.91 Å². The number of aryl methyl sites for hydroxylation is 1. The van der Waals surface area contributed by atoms with Gasteiger partial charge in [-0.25, -0.2) is 4.98 Å². The predicted molar refractivity (Wildman–Crippen MR) is 61.0 cm³/mol. The lowest BCUT2D eigenvalue weighted by Gasteiger charge is -2.16. The molecule has 2 aromatic heterocycles. The Morgan fingerprint density at radius 2 is 2.33 bits per heavy atom. The third-order valence-electron chi connectivity index (χ3n) is 3.03. The van der Waals surface area contributed by atoms with Gasteiger partial charge in [-0.05, 0) is 13.3 Å². The highest BCUT2D eigenvalue weighted by atomic mass is 16.5. The summed E-state index contributed by atoms with van der Waals surface area (Å²) >= 11 is 0. The van der Waals surface area contributed by atoms with Crippen LogP contribution >= 0.6 is 0 Å². The van der Waals surface area contributed by atoms with Gasteiger partial charge in [-0.2, -0.15) is 0 Å². The first-order valence-corrected chi connectivity index (χ1v) is 5.44. The average Bonchev–Trinajstić information content (AvgIpc) is 2.77. The average molecular weight is 246 g/mol. The van der Waals surface area contributed by atoms with Crippen LogP contribution in [0.4, 0.5) is 0 Å². The van der Waals surface area contributed by atoms with Gasteiger partial charge in [0.25, 0.3) is 11.5 Å². The molecular weight excluding hydrogens is 236 g/mol. The van der Waals surface area contributed by atoms with E-state index >= 15 is 0 Å². The smallest absolute Gasteiger partial charge is 0.271 e. The van der Waals surface area contributed by atoms with Gasteiger partial charge >= 0.3 is 0 Å². The number of nitrogens with zero attached hydrogens (tertiary/aromatic N) is 3. The summed E-state index contributed by atoms with van der Waals surface area (Å²) in [5.74, 6) is 0.113. The van der Waals surface area contributed by atoms with Gasteiger partial charge < -0.3 is 10.3 Å². The van der Waals surface area contributed by atoms with Crippen molar-refractivity contribution in [3.63, 3.8) is 0 Å². The lowest BCUT2D eigenvalue weighted by molar-refractivity contribution is 0.0991. The van der Waals surface area contributed by atoms with E-state index in [1.165, 1.54) is 10.8 Å². The Balaban J connectivity index is 2.28. The largest absolute Gasteiger partial charge is 0.364 e. The van der Waals surface area contributed by atoms with Crippen LogP contribution < -0.4 is 11.3 Å². The number of carbonyl (C=O) groups excluding carboxylic acids is 1. The molecule has 0 atom stereocenters. The van der Waals surface area contributed by atoms with Crippen molar-refractivity contribution >= 4 is 5.91 Å². The fourth-order valence-corrected chi connectivity index (χ4v) is 2.11. The van der Waals surface area contributed by atoms with Crippen LogP contribution in [0.2, 0.25) is 0 Å². The van der Waals surface area contributed by atoms with Crippen LogP contribution in [0, 0.1) is 6.92 Å². The molecule has 0 unspecified atom stereocenters. The van der Waals surface area contributed by atoms with Gasteiger partial charge in [-0.3, -0.25) is 14.2 Å². The van der Waals surface area contributed by atoms with Crippen LogP contribution in [0.15, 0.2) is 15.5 Å². The molecule has 3 rings (SSSR count). The molecule has 0 aromatic carbocycles. The second-order valence-corrected chi connectivity index (χ2v) is 4.17. The number of fused-ring (bicyclic) bond motifs is 3. The zero-order valence-electron chi connectivity index (χ0n) is 9.64. The van der Waals surface area contributed by atoms with Crippen LogP contribution in [0.1, 0.15) is 21.6 Å². The van der Waals surface area contributed by atoms with E-state index in [9.17, 15) is 9.59 Å². The summed E-state index contributed by atoms with van der Waals surface area (Å²) in [5.41, 5.74) is 6.40. The van der Waals surface area contributed by atoms with E-state index in [1.807, 2.05) is 0 Å². The highest BCUT2D eigenvalue weighted by Gasteiger charge is 2.28. The first-order valence-electron chi connectivity index (χ1n) is 5.44. The molecule has 18 heavy (non-hydrogen) atoms. The first kappa shape index (κ1) is 10.7.